The summed E-state index contributed by atoms with van der Waals surface area (Å²) < 4.78 is 12.8. The van der Waals surface area contributed by atoms with Gasteiger partial charge >= 0.3 is 5.97 Å². The molecule has 120 valence electrons. The number of hydrogen-bond donors (Lipinski definition) is 1. The first kappa shape index (κ1) is 14.3. The Morgan fingerprint density at radius 3 is 2.96 bits per heavy atom. The highest BCUT2D eigenvalue weighted by Crippen LogP contribution is 2.39. The number of ether oxygens (including phenoxy) is 2. The lowest BCUT2D eigenvalue weighted by Crippen LogP contribution is -1.94. The summed E-state index contributed by atoms with van der Waals surface area (Å²) >= 11 is 0. The summed E-state index contributed by atoms with van der Waals surface area (Å²) in [6.07, 6.45) is 4.46. The monoisotopic (exact) mass is 322 g/mol. The zero-order chi connectivity index (χ0) is 16.7. The highest BCUT2D eigenvalue weighted by atomic mass is 16.7. The quantitative estimate of drug-likeness (QED) is 0.750. The number of nitrogens with zero attached hydrogens (tertiary/aromatic N) is 2. The van der Waals surface area contributed by atoms with E-state index < -0.39 is 5.97 Å². The minimum atomic E-state index is -0.993. The van der Waals surface area contributed by atoms with Crippen molar-refractivity contribution >= 4 is 23.1 Å². The van der Waals surface area contributed by atoms with Crippen LogP contribution in [-0.4, -0.2) is 27.4 Å². The van der Waals surface area contributed by atoms with Gasteiger partial charge in [0.2, 0.25) is 6.79 Å². The van der Waals surface area contributed by atoms with E-state index in [0.29, 0.717) is 11.5 Å². The van der Waals surface area contributed by atoms with Gasteiger partial charge in [0, 0.05) is 35.8 Å². The second-order valence-corrected chi connectivity index (χ2v) is 5.44. The number of benzene rings is 1. The molecule has 2 aromatic heterocycles. The number of rotatable bonds is 3. The van der Waals surface area contributed by atoms with Gasteiger partial charge in [0.05, 0.1) is 5.69 Å². The van der Waals surface area contributed by atoms with E-state index in [9.17, 15) is 4.79 Å². The molecule has 0 bridgehead atoms. The van der Waals surface area contributed by atoms with Crippen molar-refractivity contribution in [3.63, 3.8) is 0 Å². The predicted molar refractivity (Wildman–Crippen MR) is 88.9 cm³/mol. The zero-order valence-electron chi connectivity index (χ0n) is 12.9. The third-order valence-corrected chi connectivity index (χ3v) is 4.02. The molecule has 6 nitrogen and oxygen atoms in total. The van der Waals surface area contributed by atoms with Gasteiger partial charge < -0.3 is 19.1 Å². The fourth-order valence-electron chi connectivity index (χ4n) is 3.00. The Labute approximate surface area is 137 Å². The number of aryl methyl sites for hydroxylation is 1. The molecule has 1 aromatic carbocycles. The van der Waals surface area contributed by atoms with Crippen LogP contribution >= 0.6 is 0 Å². The third-order valence-electron chi connectivity index (χ3n) is 4.02. The lowest BCUT2D eigenvalue weighted by atomic mass is 10.0. The Hall–Kier alpha value is -3.28. The Morgan fingerprint density at radius 1 is 1.29 bits per heavy atom. The van der Waals surface area contributed by atoms with Gasteiger partial charge in [0.25, 0.3) is 0 Å². The van der Waals surface area contributed by atoms with Gasteiger partial charge in [-0.25, -0.2) is 9.78 Å². The summed E-state index contributed by atoms with van der Waals surface area (Å²) in [5.74, 6) is 0.393. The smallest absolute Gasteiger partial charge is 0.328 e. The number of fused-ring (bicyclic) bond motifs is 2. The summed E-state index contributed by atoms with van der Waals surface area (Å²) in [5, 5.41) is 9.89. The highest BCUT2D eigenvalue weighted by Gasteiger charge is 2.19. The molecule has 0 aliphatic carbocycles. The number of carboxylic acid groups (broad SMARTS) is 1. The van der Waals surface area contributed by atoms with Crippen LogP contribution in [0.4, 0.5) is 0 Å². The Morgan fingerprint density at radius 2 is 2.12 bits per heavy atom. The molecule has 3 aromatic rings. The van der Waals surface area contributed by atoms with E-state index in [1.165, 1.54) is 0 Å². The average Bonchev–Trinajstić information content (AvgIpc) is 3.15. The van der Waals surface area contributed by atoms with Gasteiger partial charge in [-0.15, -0.1) is 0 Å². The van der Waals surface area contributed by atoms with Crippen LogP contribution in [0, 0.1) is 0 Å². The predicted octanol–water partition coefficient (Wildman–Crippen LogP) is 3.07. The lowest BCUT2D eigenvalue weighted by molar-refractivity contribution is -0.131. The van der Waals surface area contributed by atoms with Gasteiger partial charge in [0.15, 0.2) is 11.5 Å². The van der Waals surface area contributed by atoms with E-state index >= 15 is 0 Å². The molecule has 3 heterocycles. The van der Waals surface area contributed by atoms with Crippen LogP contribution in [0.3, 0.4) is 0 Å². The minimum absolute atomic E-state index is 0.210. The first-order valence-electron chi connectivity index (χ1n) is 7.39. The fourth-order valence-corrected chi connectivity index (χ4v) is 3.00. The van der Waals surface area contributed by atoms with Gasteiger partial charge in [-0.05, 0) is 36.4 Å². The molecule has 0 radical (unpaired) electrons. The van der Waals surface area contributed by atoms with Crippen LogP contribution in [0.2, 0.25) is 0 Å². The van der Waals surface area contributed by atoms with Crippen molar-refractivity contribution in [2.45, 2.75) is 0 Å². The topological polar surface area (TPSA) is 73.6 Å². The van der Waals surface area contributed by atoms with Crippen LogP contribution < -0.4 is 9.47 Å². The highest BCUT2D eigenvalue weighted by molar-refractivity contribution is 5.98. The minimum Gasteiger partial charge on any atom is -0.478 e. The summed E-state index contributed by atoms with van der Waals surface area (Å²) in [6, 6.07) is 9.45. The number of hydrogen-bond acceptors (Lipinski definition) is 4. The van der Waals surface area contributed by atoms with E-state index in [-0.39, 0.29) is 6.79 Å². The number of aliphatic carboxylic acids is 1. The maximum atomic E-state index is 11.0. The van der Waals surface area contributed by atoms with E-state index in [4.69, 9.17) is 14.6 Å². The molecule has 24 heavy (non-hydrogen) atoms. The average molecular weight is 322 g/mol. The van der Waals surface area contributed by atoms with Crippen molar-refractivity contribution in [3.05, 3.63) is 48.2 Å². The summed E-state index contributed by atoms with van der Waals surface area (Å²) in [6.45, 7) is 0.210. The largest absolute Gasteiger partial charge is 0.478 e. The molecule has 0 saturated heterocycles. The van der Waals surface area contributed by atoms with Crippen molar-refractivity contribution in [1.82, 2.24) is 9.55 Å². The number of carbonyl (C=O) groups is 1. The Kier molecular flexibility index (Phi) is 3.23. The molecule has 0 saturated carbocycles. The van der Waals surface area contributed by atoms with Crippen molar-refractivity contribution in [3.8, 4) is 22.8 Å². The maximum Gasteiger partial charge on any atom is 0.328 e. The van der Waals surface area contributed by atoms with Crippen LogP contribution in [0.1, 0.15) is 5.56 Å². The van der Waals surface area contributed by atoms with Crippen molar-refractivity contribution in [2.24, 2.45) is 7.05 Å². The first-order valence-corrected chi connectivity index (χ1v) is 7.39. The van der Waals surface area contributed by atoms with Gasteiger partial charge in [-0.1, -0.05) is 0 Å². The van der Waals surface area contributed by atoms with E-state index in [1.807, 2.05) is 41.9 Å². The molecule has 4 rings (SSSR count). The number of pyridine rings is 1. The second kappa shape index (κ2) is 5.42. The SMILES string of the molecule is Cn1c(-c2ccc3c(c2)OCO3)c(C=CC(=O)O)c2cccnc21. The molecule has 1 aliphatic heterocycles. The summed E-state index contributed by atoms with van der Waals surface area (Å²) in [5.41, 5.74) is 3.38. The molecule has 1 aliphatic rings. The summed E-state index contributed by atoms with van der Waals surface area (Å²) in [7, 11) is 1.91. The molecule has 1 N–H and O–H groups in total. The molecule has 0 amide bonds. The van der Waals surface area contributed by atoms with Gasteiger partial charge in [-0.2, -0.15) is 0 Å². The Bertz CT molecular complexity index is 988. The lowest BCUT2D eigenvalue weighted by Gasteiger charge is -2.07. The van der Waals surface area contributed by atoms with E-state index in [1.54, 1.807) is 12.3 Å². The molecule has 0 fully saturated rings. The third kappa shape index (κ3) is 2.20. The summed E-state index contributed by atoms with van der Waals surface area (Å²) in [4.78, 5) is 15.4. The van der Waals surface area contributed by atoms with Crippen LogP contribution in [0.5, 0.6) is 11.5 Å². The molecular weight excluding hydrogens is 308 g/mol. The first-order chi connectivity index (χ1) is 11.6. The number of aromatic nitrogens is 2. The molecule has 6 heteroatoms. The van der Waals surface area contributed by atoms with Crippen molar-refractivity contribution < 1.29 is 19.4 Å². The normalized spacial score (nSPS) is 13.0. The standard InChI is InChI=1S/C18H14N2O4/c1-20-17(11-4-6-14-15(9-11)24-10-23-14)12(5-7-16(21)22)13-3-2-8-19-18(13)20/h2-9H,10H2,1H3,(H,21,22). The fraction of sp³-hybridized carbons (Fsp3) is 0.111. The molecule has 0 unspecified atom stereocenters. The van der Waals surface area contributed by atoms with Gasteiger partial charge in [-0.3, -0.25) is 0 Å². The van der Waals surface area contributed by atoms with E-state index in [2.05, 4.69) is 4.98 Å². The van der Waals surface area contributed by atoms with Gasteiger partial charge in [0.1, 0.15) is 5.65 Å². The van der Waals surface area contributed by atoms with Crippen LogP contribution in [0.25, 0.3) is 28.4 Å². The Balaban J connectivity index is 1.98. The molecule has 0 atom stereocenters. The van der Waals surface area contributed by atoms with E-state index in [0.717, 1.165) is 33.9 Å². The van der Waals surface area contributed by atoms with Crippen LogP contribution in [-0.2, 0) is 11.8 Å². The zero-order valence-corrected chi connectivity index (χ0v) is 12.9. The number of carboxylic acids is 1. The molecule has 0 spiro atoms. The van der Waals surface area contributed by atoms with Crippen molar-refractivity contribution in [2.75, 3.05) is 6.79 Å². The maximum absolute atomic E-state index is 11.0. The van der Waals surface area contributed by atoms with Crippen molar-refractivity contribution in [1.29, 1.82) is 0 Å². The molecular formula is C18H14N2O4. The second-order valence-electron chi connectivity index (χ2n) is 5.44. The van der Waals surface area contributed by atoms with Crippen LogP contribution in [0.15, 0.2) is 42.6 Å².